The first kappa shape index (κ1) is 22.6. The van der Waals surface area contributed by atoms with Crippen LogP contribution in [0.4, 0.5) is 5.82 Å². The van der Waals surface area contributed by atoms with Gasteiger partial charge in [-0.1, -0.05) is 42.5 Å². The lowest BCUT2D eigenvalue weighted by molar-refractivity contribution is 0.102. The van der Waals surface area contributed by atoms with Gasteiger partial charge in [-0.25, -0.2) is 4.68 Å². The van der Waals surface area contributed by atoms with E-state index in [1.165, 1.54) is 0 Å². The summed E-state index contributed by atoms with van der Waals surface area (Å²) in [5.41, 5.74) is 1.59. The average Bonchev–Trinajstić information content (AvgIpc) is 3.32. The Bertz CT molecular complexity index is 1100. The summed E-state index contributed by atoms with van der Waals surface area (Å²) in [4.78, 5) is 15.2. The fraction of sp³-hybridized carbons (Fsp3) is 0.308. The summed E-state index contributed by atoms with van der Waals surface area (Å²) in [5.74, 6) is 1.94. The van der Waals surface area contributed by atoms with Crippen molar-refractivity contribution in [2.75, 3.05) is 39.2 Å². The SMILES string of the molecule is COc1ccccc1/C=C/CN1CCC(n2nccc2NC(=O)c2ccccc2OC)CC1. The first-order valence-electron chi connectivity index (χ1n) is 11.2. The molecule has 1 fully saturated rings. The Balaban J connectivity index is 1.33. The number of para-hydroxylation sites is 2. The molecule has 0 spiro atoms. The summed E-state index contributed by atoms with van der Waals surface area (Å²) in [5, 5.41) is 7.50. The minimum Gasteiger partial charge on any atom is -0.496 e. The van der Waals surface area contributed by atoms with Crippen molar-refractivity contribution in [1.82, 2.24) is 14.7 Å². The van der Waals surface area contributed by atoms with Crippen LogP contribution < -0.4 is 14.8 Å². The van der Waals surface area contributed by atoms with Gasteiger partial charge >= 0.3 is 0 Å². The summed E-state index contributed by atoms with van der Waals surface area (Å²) < 4.78 is 12.7. The van der Waals surface area contributed by atoms with Gasteiger partial charge in [0.2, 0.25) is 0 Å². The highest BCUT2D eigenvalue weighted by molar-refractivity contribution is 6.05. The highest BCUT2D eigenvalue weighted by atomic mass is 16.5. The van der Waals surface area contributed by atoms with E-state index in [-0.39, 0.29) is 11.9 Å². The fourth-order valence-electron chi connectivity index (χ4n) is 4.20. The van der Waals surface area contributed by atoms with Crippen LogP contribution in [0.25, 0.3) is 6.08 Å². The molecule has 7 heteroatoms. The first-order chi connectivity index (χ1) is 16.2. The number of carbonyl (C=O) groups is 1. The van der Waals surface area contributed by atoms with E-state index in [9.17, 15) is 4.79 Å². The highest BCUT2D eigenvalue weighted by Gasteiger charge is 2.23. The minimum atomic E-state index is -0.201. The number of hydrogen-bond donors (Lipinski definition) is 1. The molecule has 4 rings (SSSR count). The largest absolute Gasteiger partial charge is 0.496 e. The summed E-state index contributed by atoms with van der Waals surface area (Å²) in [6.07, 6.45) is 7.98. The zero-order chi connectivity index (χ0) is 23.0. The molecule has 0 saturated carbocycles. The van der Waals surface area contributed by atoms with Gasteiger partial charge in [0, 0.05) is 31.3 Å². The first-order valence-corrected chi connectivity index (χ1v) is 11.2. The molecular weight excluding hydrogens is 416 g/mol. The Morgan fingerprint density at radius 1 is 1.03 bits per heavy atom. The van der Waals surface area contributed by atoms with Crippen LogP contribution in [0.3, 0.4) is 0 Å². The van der Waals surface area contributed by atoms with Gasteiger partial charge in [0.05, 0.1) is 32.0 Å². The summed E-state index contributed by atoms with van der Waals surface area (Å²) in [6, 6.07) is 17.3. The monoisotopic (exact) mass is 446 g/mol. The second kappa shape index (κ2) is 10.8. The molecule has 0 radical (unpaired) electrons. The van der Waals surface area contributed by atoms with Gasteiger partial charge < -0.3 is 14.8 Å². The predicted molar refractivity (Wildman–Crippen MR) is 130 cm³/mol. The average molecular weight is 447 g/mol. The third kappa shape index (κ3) is 5.43. The molecule has 0 atom stereocenters. The number of nitrogens with zero attached hydrogens (tertiary/aromatic N) is 3. The molecule has 1 saturated heterocycles. The Morgan fingerprint density at radius 3 is 2.48 bits per heavy atom. The van der Waals surface area contributed by atoms with Crippen LogP contribution in [0.5, 0.6) is 11.5 Å². The fourth-order valence-corrected chi connectivity index (χ4v) is 4.20. The molecule has 3 aromatic rings. The van der Waals surface area contributed by atoms with Crippen molar-refractivity contribution in [3.63, 3.8) is 0 Å². The number of ether oxygens (including phenoxy) is 2. The number of nitrogens with one attached hydrogen (secondary N) is 1. The van der Waals surface area contributed by atoms with Gasteiger partial charge in [-0.15, -0.1) is 0 Å². The van der Waals surface area contributed by atoms with Crippen LogP contribution in [-0.2, 0) is 0 Å². The number of rotatable bonds is 8. The molecule has 1 aliphatic rings. The van der Waals surface area contributed by atoms with Crippen LogP contribution in [0.2, 0.25) is 0 Å². The topological polar surface area (TPSA) is 68.6 Å². The van der Waals surface area contributed by atoms with E-state index >= 15 is 0 Å². The number of piperidine rings is 1. The maximum atomic E-state index is 12.8. The van der Waals surface area contributed by atoms with Crippen molar-refractivity contribution in [3.8, 4) is 11.5 Å². The number of aromatic nitrogens is 2. The van der Waals surface area contributed by atoms with E-state index in [0.717, 1.165) is 43.8 Å². The molecule has 0 unspecified atom stereocenters. The molecule has 0 bridgehead atoms. The van der Waals surface area contributed by atoms with E-state index in [1.807, 2.05) is 41.1 Å². The van der Waals surface area contributed by atoms with Crippen molar-refractivity contribution >= 4 is 17.8 Å². The lowest BCUT2D eigenvalue weighted by atomic mass is 10.1. The smallest absolute Gasteiger partial charge is 0.260 e. The van der Waals surface area contributed by atoms with Gasteiger partial charge in [0.1, 0.15) is 17.3 Å². The highest BCUT2D eigenvalue weighted by Crippen LogP contribution is 2.27. The quantitative estimate of drug-likeness (QED) is 0.552. The zero-order valence-corrected chi connectivity index (χ0v) is 19.1. The molecule has 172 valence electrons. The number of benzene rings is 2. The van der Waals surface area contributed by atoms with Gasteiger partial charge in [-0.05, 0) is 31.0 Å². The van der Waals surface area contributed by atoms with E-state index in [1.54, 1.807) is 32.5 Å². The minimum absolute atomic E-state index is 0.201. The summed E-state index contributed by atoms with van der Waals surface area (Å²) in [6.45, 7) is 2.84. The number of anilines is 1. The van der Waals surface area contributed by atoms with Crippen LogP contribution in [0, 0.1) is 0 Å². The van der Waals surface area contributed by atoms with E-state index in [0.29, 0.717) is 17.1 Å². The molecule has 1 amide bonds. The van der Waals surface area contributed by atoms with Crippen molar-refractivity contribution in [3.05, 3.63) is 78.0 Å². The number of amides is 1. The van der Waals surface area contributed by atoms with E-state index < -0.39 is 0 Å². The lowest BCUT2D eigenvalue weighted by Gasteiger charge is -2.32. The van der Waals surface area contributed by atoms with Crippen LogP contribution in [0.1, 0.15) is 34.8 Å². The van der Waals surface area contributed by atoms with E-state index in [2.05, 4.69) is 33.5 Å². The summed E-state index contributed by atoms with van der Waals surface area (Å²) in [7, 11) is 3.26. The third-order valence-corrected chi connectivity index (χ3v) is 5.97. The molecule has 2 heterocycles. The van der Waals surface area contributed by atoms with Gasteiger partial charge in [-0.2, -0.15) is 5.10 Å². The second-order valence-electron chi connectivity index (χ2n) is 7.99. The molecule has 2 aromatic carbocycles. The van der Waals surface area contributed by atoms with Gasteiger partial charge in [0.15, 0.2) is 0 Å². The van der Waals surface area contributed by atoms with Gasteiger partial charge in [-0.3, -0.25) is 9.69 Å². The molecule has 1 aliphatic heterocycles. The Labute approximate surface area is 194 Å². The molecule has 0 aliphatic carbocycles. The Kier molecular flexibility index (Phi) is 7.42. The maximum Gasteiger partial charge on any atom is 0.260 e. The van der Waals surface area contributed by atoms with Gasteiger partial charge in [0.25, 0.3) is 5.91 Å². The Morgan fingerprint density at radius 2 is 1.73 bits per heavy atom. The molecular formula is C26H30N4O3. The molecule has 33 heavy (non-hydrogen) atoms. The van der Waals surface area contributed by atoms with E-state index in [4.69, 9.17) is 9.47 Å². The van der Waals surface area contributed by atoms with Crippen molar-refractivity contribution in [1.29, 1.82) is 0 Å². The number of likely N-dealkylation sites (tertiary alicyclic amines) is 1. The standard InChI is InChI=1S/C26H30N4O3/c1-32-23-11-5-3-8-20(23)9-7-17-29-18-14-21(15-19-29)30-25(13-16-27-30)28-26(31)22-10-4-6-12-24(22)33-2/h3-13,16,21H,14-15,17-19H2,1-2H3,(H,28,31)/b9-7+. The zero-order valence-electron chi connectivity index (χ0n) is 19.1. The number of hydrogen-bond acceptors (Lipinski definition) is 5. The van der Waals surface area contributed by atoms with Crippen LogP contribution in [-0.4, -0.2) is 54.4 Å². The van der Waals surface area contributed by atoms with Crippen LogP contribution in [0.15, 0.2) is 66.9 Å². The second-order valence-corrected chi connectivity index (χ2v) is 7.99. The summed E-state index contributed by atoms with van der Waals surface area (Å²) >= 11 is 0. The predicted octanol–water partition coefficient (Wildman–Crippen LogP) is 4.50. The Hall–Kier alpha value is -3.58. The molecule has 1 N–H and O–H groups in total. The maximum absolute atomic E-state index is 12.8. The number of carbonyl (C=O) groups excluding carboxylic acids is 1. The third-order valence-electron chi connectivity index (χ3n) is 5.97. The van der Waals surface area contributed by atoms with Crippen molar-refractivity contribution < 1.29 is 14.3 Å². The van der Waals surface area contributed by atoms with Crippen molar-refractivity contribution in [2.24, 2.45) is 0 Å². The lowest BCUT2D eigenvalue weighted by Crippen LogP contribution is -2.35. The molecule has 1 aromatic heterocycles. The van der Waals surface area contributed by atoms with Crippen LogP contribution >= 0.6 is 0 Å². The van der Waals surface area contributed by atoms with Crippen molar-refractivity contribution in [2.45, 2.75) is 18.9 Å². The normalized spacial score (nSPS) is 15.0. The molecule has 7 nitrogen and oxygen atoms in total. The number of methoxy groups -OCH3 is 2.